The molecule has 0 radical (unpaired) electrons. The summed E-state index contributed by atoms with van der Waals surface area (Å²) < 4.78 is 10.6. The van der Waals surface area contributed by atoms with Crippen LogP contribution in [0.25, 0.3) is 11.0 Å². The molecule has 1 amide bonds. The minimum atomic E-state index is -0.664. The lowest BCUT2D eigenvalue weighted by molar-refractivity contribution is 0.203. The normalized spacial score (nSPS) is 10.4. The number of carbonyl (C=O) groups excluding carboxylic acids is 1. The van der Waals surface area contributed by atoms with Crippen molar-refractivity contribution in [3.63, 3.8) is 0 Å². The Morgan fingerprint density at radius 3 is 2.78 bits per heavy atom. The van der Waals surface area contributed by atoms with Crippen LogP contribution in [0, 0.1) is 19.3 Å². The second-order valence-corrected chi connectivity index (χ2v) is 6.04. The SMILES string of the molecule is C#Cc1cc2c(C)c(Cc3cccc(N)c3)c(=O)oc2cc1OC(=O)NC. The standard InChI is InChI=1S/C21H18N2O4/c1-4-14-10-16-12(2)17(9-13-6-5-7-15(22)8-13)20(24)26-19(16)11-18(14)27-21(25)23-3/h1,5-8,10-11H,9,22H2,2-3H3,(H,23,25). The van der Waals surface area contributed by atoms with Crippen LogP contribution in [0.1, 0.15) is 22.3 Å². The molecule has 1 aromatic heterocycles. The Morgan fingerprint density at radius 1 is 1.33 bits per heavy atom. The van der Waals surface area contributed by atoms with E-state index in [1.807, 2.05) is 25.1 Å². The zero-order chi connectivity index (χ0) is 19.6. The number of benzene rings is 2. The van der Waals surface area contributed by atoms with Gasteiger partial charge in [-0.05, 0) is 36.2 Å². The summed E-state index contributed by atoms with van der Waals surface area (Å²) in [7, 11) is 1.44. The third-order valence-corrected chi connectivity index (χ3v) is 4.28. The second-order valence-electron chi connectivity index (χ2n) is 6.04. The van der Waals surface area contributed by atoms with E-state index in [4.69, 9.17) is 21.3 Å². The number of anilines is 1. The highest BCUT2D eigenvalue weighted by molar-refractivity contribution is 5.86. The molecule has 136 valence electrons. The van der Waals surface area contributed by atoms with Gasteiger partial charge in [0.05, 0.1) is 5.56 Å². The molecular weight excluding hydrogens is 344 g/mol. The summed E-state index contributed by atoms with van der Waals surface area (Å²) in [6.07, 6.45) is 5.27. The summed E-state index contributed by atoms with van der Waals surface area (Å²) in [4.78, 5) is 24.0. The van der Waals surface area contributed by atoms with E-state index in [0.29, 0.717) is 34.2 Å². The Hall–Kier alpha value is -3.72. The summed E-state index contributed by atoms with van der Waals surface area (Å²) in [6.45, 7) is 1.83. The molecule has 2 aromatic carbocycles. The molecule has 6 nitrogen and oxygen atoms in total. The number of carbonyl (C=O) groups is 1. The minimum absolute atomic E-state index is 0.149. The van der Waals surface area contributed by atoms with Crippen LogP contribution < -0.4 is 21.4 Å². The van der Waals surface area contributed by atoms with Crippen LogP contribution in [0.5, 0.6) is 5.75 Å². The highest BCUT2D eigenvalue weighted by Gasteiger charge is 2.16. The quantitative estimate of drug-likeness (QED) is 0.424. The maximum atomic E-state index is 12.5. The first-order valence-corrected chi connectivity index (χ1v) is 8.24. The molecule has 0 bridgehead atoms. The first-order chi connectivity index (χ1) is 12.9. The smallest absolute Gasteiger partial charge is 0.412 e. The van der Waals surface area contributed by atoms with Crippen molar-refractivity contribution in [2.75, 3.05) is 12.8 Å². The number of aryl methyl sites for hydroxylation is 1. The van der Waals surface area contributed by atoms with E-state index < -0.39 is 11.7 Å². The Morgan fingerprint density at radius 2 is 2.11 bits per heavy atom. The molecular formula is C21H18N2O4. The van der Waals surface area contributed by atoms with E-state index in [0.717, 1.165) is 11.1 Å². The first-order valence-electron chi connectivity index (χ1n) is 8.24. The van der Waals surface area contributed by atoms with Crippen LogP contribution in [0.3, 0.4) is 0 Å². The number of terminal acetylenes is 1. The highest BCUT2D eigenvalue weighted by Crippen LogP contribution is 2.29. The van der Waals surface area contributed by atoms with Crippen molar-refractivity contribution >= 4 is 22.7 Å². The molecule has 0 aliphatic heterocycles. The van der Waals surface area contributed by atoms with Crippen molar-refractivity contribution in [1.29, 1.82) is 0 Å². The molecule has 0 aliphatic rings. The Labute approximate surface area is 155 Å². The van der Waals surface area contributed by atoms with E-state index >= 15 is 0 Å². The molecule has 0 spiro atoms. The van der Waals surface area contributed by atoms with Gasteiger partial charge in [-0.25, -0.2) is 9.59 Å². The number of nitrogen functional groups attached to an aromatic ring is 1. The molecule has 0 unspecified atom stereocenters. The van der Waals surface area contributed by atoms with E-state index in [2.05, 4.69) is 11.2 Å². The fourth-order valence-electron chi connectivity index (χ4n) is 2.88. The van der Waals surface area contributed by atoms with Gasteiger partial charge < -0.3 is 20.2 Å². The number of hydrogen-bond acceptors (Lipinski definition) is 5. The number of nitrogens with one attached hydrogen (secondary N) is 1. The van der Waals surface area contributed by atoms with Gasteiger partial charge >= 0.3 is 11.7 Å². The van der Waals surface area contributed by atoms with Gasteiger partial charge in [0.25, 0.3) is 0 Å². The minimum Gasteiger partial charge on any atom is -0.422 e. The zero-order valence-electron chi connectivity index (χ0n) is 15.0. The van der Waals surface area contributed by atoms with Crippen molar-refractivity contribution in [3.05, 3.63) is 69.1 Å². The number of rotatable bonds is 3. The fraction of sp³-hybridized carbons (Fsp3) is 0.143. The largest absolute Gasteiger partial charge is 0.422 e. The molecule has 27 heavy (non-hydrogen) atoms. The number of hydrogen-bond donors (Lipinski definition) is 2. The summed E-state index contributed by atoms with van der Waals surface area (Å²) >= 11 is 0. The van der Waals surface area contributed by atoms with Crippen LogP contribution in [0.2, 0.25) is 0 Å². The fourth-order valence-corrected chi connectivity index (χ4v) is 2.88. The van der Waals surface area contributed by atoms with E-state index in [1.54, 1.807) is 12.1 Å². The molecule has 0 aliphatic carbocycles. The van der Waals surface area contributed by atoms with E-state index in [9.17, 15) is 9.59 Å². The summed E-state index contributed by atoms with van der Waals surface area (Å²) in [5.41, 5.74) is 8.85. The zero-order valence-corrected chi connectivity index (χ0v) is 15.0. The third-order valence-electron chi connectivity index (χ3n) is 4.28. The number of ether oxygens (including phenoxy) is 1. The van der Waals surface area contributed by atoms with Gasteiger partial charge in [0.1, 0.15) is 5.58 Å². The molecule has 3 N–H and O–H groups in total. The van der Waals surface area contributed by atoms with Gasteiger partial charge in [0.15, 0.2) is 5.75 Å². The molecule has 0 saturated heterocycles. The average molecular weight is 362 g/mol. The monoisotopic (exact) mass is 362 g/mol. The van der Waals surface area contributed by atoms with Gasteiger partial charge in [-0.2, -0.15) is 0 Å². The van der Waals surface area contributed by atoms with Gasteiger partial charge in [0, 0.05) is 36.2 Å². The maximum Gasteiger partial charge on any atom is 0.412 e. The number of fused-ring (bicyclic) bond motifs is 1. The van der Waals surface area contributed by atoms with Crippen molar-refractivity contribution in [2.45, 2.75) is 13.3 Å². The highest BCUT2D eigenvalue weighted by atomic mass is 16.6. The number of nitrogens with two attached hydrogens (primary N) is 1. The average Bonchev–Trinajstić information content (AvgIpc) is 2.64. The van der Waals surface area contributed by atoms with Crippen LogP contribution in [-0.2, 0) is 6.42 Å². The lowest BCUT2D eigenvalue weighted by Crippen LogP contribution is -2.22. The Bertz CT molecular complexity index is 1140. The van der Waals surface area contributed by atoms with Crippen molar-refractivity contribution < 1.29 is 13.9 Å². The molecule has 0 fully saturated rings. The summed E-state index contributed by atoms with van der Waals surface area (Å²) in [6, 6.07) is 10.5. The lowest BCUT2D eigenvalue weighted by Gasteiger charge is -2.11. The maximum absolute atomic E-state index is 12.5. The summed E-state index contributed by atoms with van der Waals surface area (Å²) in [5, 5.41) is 3.03. The third kappa shape index (κ3) is 3.62. The molecule has 1 heterocycles. The molecule has 0 atom stereocenters. The van der Waals surface area contributed by atoms with E-state index in [1.165, 1.54) is 13.1 Å². The molecule has 3 rings (SSSR count). The van der Waals surface area contributed by atoms with E-state index in [-0.39, 0.29) is 5.75 Å². The predicted octanol–water partition coefficient (Wildman–Crippen LogP) is 2.97. The molecule has 0 saturated carbocycles. The first kappa shape index (κ1) is 18.1. The van der Waals surface area contributed by atoms with Crippen LogP contribution in [0.15, 0.2) is 45.6 Å². The lowest BCUT2D eigenvalue weighted by atomic mass is 9.98. The van der Waals surface area contributed by atoms with Crippen LogP contribution in [0.4, 0.5) is 10.5 Å². The van der Waals surface area contributed by atoms with Crippen molar-refractivity contribution in [2.24, 2.45) is 0 Å². The molecule has 6 heteroatoms. The Balaban J connectivity index is 2.13. The van der Waals surface area contributed by atoms with Crippen molar-refractivity contribution in [1.82, 2.24) is 5.32 Å². The van der Waals surface area contributed by atoms with Gasteiger partial charge in [-0.15, -0.1) is 6.42 Å². The topological polar surface area (TPSA) is 94.6 Å². The predicted molar refractivity (Wildman–Crippen MR) is 104 cm³/mol. The van der Waals surface area contributed by atoms with Gasteiger partial charge in [-0.1, -0.05) is 18.1 Å². The summed E-state index contributed by atoms with van der Waals surface area (Å²) in [5.74, 6) is 2.64. The van der Waals surface area contributed by atoms with Crippen molar-refractivity contribution in [3.8, 4) is 18.1 Å². The number of amides is 1. The van der Waals surface area contributed by atoms with Crippen LogP contribution in [-0.4, -0.2) is 13.1 Å². The van der Waals surface area contributed by atoms with Gasteiger partial charge in [-0.3, -0.25) is 0 Å². The second kappa shape index (κ2) is 7.26. The Kier molecular flexibility index (Phi) is 4.86. The molecule has 3 aromatic rings. The van der Waals surface area contributed by atoms with Crippen LogP contribution >= 0.6 is 0 Å². The van der Waals surface area contributed by atoms with Gasteiger partial charge in [0.2, 0.25) is 0 Å².